The van der Waals surface area contributed by atoms with Gasteiger partial charge in [-0.3, -0.25) is 9.59 Å². The number of amides is 1. The average Bonchev–Trinajstić information content (AvgIpc) is 2.69. The van der Waals surface area contributed by atoms with Crippen molar-refractivity contribution >= 4 is 39.1 Å². The lowest BCUT2D eigenvalue weighted by Gasteiger charge is -2.36. The summed E-state index contributed by atoms with van der Waals surface area (Å²) >= 11 is 4.85. The van der Waals surface area contributed by atoms with Crippen molar-refractivity contribution in [3.05, 3.63) is 20.3 Å². The van der Waals surface area contributed by atoms with Crippen molar-refractivity contribution < 1.29 is 14.7 Å². The largest absolute Gasteiger partial charge is 0.481 e. The fourth-order valence-corrected chi connectivity index (χ4v) is 3.64. The van der Waals surface area contributed by atoms with Gasteiger partial charge in [-0.05, 0) is 54.2 Å². The van der Waals surface area contributed by atoms with Gasteiger partial charge in [0.1, 0.15) is 0 Å². The summed E-state index contributed by atoms with van der Waals surface area (Å²) in [6.45, 7) is 4.73. The smallest absolute Gasteiger partial charge is 0.309 e. The first kappa shape index (κ1) is 14.5. The van der Waals surface area contributed by atoms with Gasteiger partial charge in [-0.15, -0.1) is 11.3 Å². The van der Waals surface area contributed by atoms with E-state index in [1.165, 1.54) is 11.3 Å². The summed E-state index contributed by atoms with van der Waals surface area (Å²) in [7, 11) is 0. The second kappa shape index (κ2) is 5.25. The Morgan fingerprint density at radius 3 is 2.42 bits per heavy atom. The molecular weight excluding hydrogens is 330 g/mol. The number of carbonyl (C=O) groups is 2. The van der Waals surface area contributed by atoms with Crippen LogP contribution in [0.15, 0.2) is 9.85 Å². The molecule has 1 amide bonds. The van der Waals surface area contributed by atoms with E-state index < -0.39 is 11.4 Å². The number of hydrogen-bond donors (Lipinski definition) is 1. The molecule has 0 aromatic carbocycles. The minimum absolute atomic E-state index is 0.00578. The maximum absolute atomic E-state index is 12.3. The lowest BCUT2D eigenvalue weighted by atomic mass is 9.80. The van der Waals surface area contributed by atoms with Crippen molar-refractivity contribution in [3.8, 4) is 0 Å². The van der Waals surface area contributed by atoms with Gasteiger partial charge in [-0.1, -0.05) is 0 Å². The molecule has 1 aliphatic heterocycles. The second-order valence-corrected chi connectivity index (χ2v) is 7.60. The third kappa shape index (κ3) is 2.84. The van der Waals surface area contributed by atoms with E-state index in [1.54, 1.807) is 11.8 Å². The number of carboxylic acid groups (broad SMARTS) is 1. The Morgan fingerprint density at radius 2 is 2.00 bits per heavy atom. The van der Waals surface area contributed by atoms with E-state index in [2.05, 4.69) is 15.9 Å². The summed E-state index contributed by atoms with van der Waals surface area (Å²) in [6.07, 6.45) is 1.03. The zero-order valence-corrected chi connectivity index (χ0v) is 13.3. The first-order valence-electron chi connectivity index (χ1n) is 6.12. The highest BCUT2D eigenvalue weighted by Gasteiger charge is 2.38. The minimum Gasteiger partial charge on any atom is -0.481 e. The molecule has 0 unspecified atom stereocenters. The molecule has 19 heavy (non-hydrogen) atoms. The van der Waals surface area contributed by atoms with Crippen molar-refractivity contribution in [1.29, 1.82) is 0 Å². The van der Waals surface area contributed by atoms with Crippen molar-refractivity contribution in [3.63, 3.8) is 0 Å². The fourth-order valence-electron chi connectivity index (χ4n) is 2.14. The Bertz CT molecular complexity index is 498. The molecule has 104 valence electrons. The first-order valence-corrected chi connectivity index (χ1v) is 7.73. The number of nitrogens with zero attached hydrogens (tertiary/aromatic N) is 1. The van der Waals surface area contributed by atoms with Crippen LogP contribution in [0, 0.1) is 12.3 Å². The van der Waals surface area contributed by atoms with E-state index in [1.807, 2.05) is 13.0 Å². The van der Waals surface area contributed by atoms with Gasteiger partial charge in [0.25, 0.3) is 5.91 Å². The van der Waals surface area contributed by atoms with Crippen LogP contribution in [0.4, 0.5) is 0 Å². The van der Waals surface area contributed by atoms with Gasteiger partial charge < -0.3 is 10.0 Å². The van der Waals surface area contributed by atoms with E-state index in [0.29, 0.717) is 30.8 Å². The average molecular weight is 346 g/mol. The molecule has 2 heterocycles. The third-order valence-electron chi connectivity index (χ3n) is 3.74. The van der Waals surface area contributed by atoms with Crippen LogP contribution >= 0.6 is 27.3 Å². The van der Waals surface area contributed by atoms with Crippen molar-refractivity contribution in [2.24, 2.45) is 5.41 Å². The molecule has 2 rings (SSSR count). The topological polar surface area (TPSA) is 57.6 Å². The standard InChI is InChI=1S/C13H16BrNO3S/c1-8-7-9(19-10(8)14)11(16)15-5-3-13(2,4-6-15)12(17)18/h7H,3-6H2,1-2H3,(H,17,18). The maximum atomic E-state index is 12.3. The number of likely N-dealkylation sites (tertiary alicyclic amines) is 1. The molecule has 0 spiro atoms. The molecule has 1 aliphatic rings. The number of aliphatic carboxylic acids is 1. The zero-order chi connectivity index (χ0) is 14.2. The summed E-state index contributed by atoms with van der Waals surface area (Å²) in [6, 6.07) is 1.88. The van der Waals surface area contributed by atoms with E-state index in [0.717, 1.165) is 9.35 Å². The number of carboxylic acids is 1. The van der Waals surface area contributed by atoms with Gasteiger partial charge in [-0.2, -0.15) is 0 Å². The van der Waals surface area contributed by atoms with E-state index in [-0.39, 0.29) is 5.91 Å². The van der Waals surface area contributed by atoms with E-state index in [4.69, 9.17) is 0 Å². The zero-order valence-electron chi connectivity index (χ0n) is 10.9. The molecule has 0 aliphatic carbocycles. The van der Waals surface area contributed by atoms with Gasteiger partial charge >= 0.3 is 5.97 Å². The Labute approximate surface area is 124 Å². The molecule has 1 aromatic rings. The molecule has 6 heteroatoms. The Hall–Kier alpha value is -0.880. The summed E-state index contributed by atoms with van der Waals surface area (Å²) in [5.41, 5.74) is 0.364. The molecule has 1 saturated heterocycles. The molecule has 1 N–H and O–H groups in total. The third-order valence-corrected chi connectivity index (χ3v) is 5.86. The number of hydrogen-bond acceptors (Lipinski definition) is 3. The van der Waals surface area contributed by atoms with Gasteiger partial charge in [0.2, 0.25) is 0 Å². The van der Waals surface area contributed by atoms with Crippen molar-refractivity contribution in [1.82, 2.24) is 4.90 Å². The van der Waals surface area contributed by atoms with Crippen molar-refractivity contribution in [2.45, 2.75) is 26.7 Å². The van der Waals surface area contributed by atoms with Crippen LogP contribution in [-0.2, 0) is 4.79 Å². The second-order valence-electron chi connectivity index (χ2n) is 5.23. The van der Waals surface area contributed by atoms with Crippen LogP contribution in [0.2, 0.25) is 0 Å². The van der Waals surface area contributed by atoms with Crippen LogP contribution < -0.4 is 0 Å². The quantitative estimate of drug-likeness (QED) is 0.895. The highest BCUT2D eigenvalue weighted by atomic mass is 79.9. The summed E-state index contributed by atoms with van der Waals surface area (Å²) < 4.78 is 0.975. The first-order chi connectivity index (χ1) is 8.83. The molecule has 0 bridgehead atoms. The fraction of sp³-hybridized carbons (Fsp3) is 0.538. The number of carbonyl (C=O) groups excluding carboxylic acids is 1. The number of rotatable bonds is 2. The molecule has 0 radical (unpaired) electrons. The van der Waals surface area contributed by atoms with Gasteiger partial charge in [0.15, 0.2) is 0 Å². The van der Waals surface area contributed by atoms with Crippen LogP contribution in [0.1, 0.15) is 35.0 Å². The molecule has 0 atom stereocenters. The lowest BCUT2D eigenvalue weighted by molar-refractivity contribution is -0.150. The number of halogens is 1. The van der Waals surface area contributed by atoms with E-state index >= 15 is 0 Å². The molecule has 1 fully saturated rings. The molecule has 1 aromatic heterocycles. The normalized spacial score (nSPS) is 18.4. The maximum Gasteiger partial charge on any atom is 0.309 e. The Kier molecular flexibility index (Phi) is 4.01. The SMILES string of the molecule is Cc1cc(C(=O)N2CCC(C)(C(=O)O)CC2)sc1Br. The predicted molar refractivity (Wildman–Crippen MR) is 77.6 cm³/mol. The summed E-state index contributed by atoms with van der Waals surface area (Å²) in [4.78, 5) is 25.9. The Balaban J connectivity index is 2.06. The number of thiophene rings is 1. The number of aryl methyl sites for hydroxylation is 1. The van der Waals surface area contributed by atoms with Crippen LogP contribution in [-0.4, -0.2) is 35.0 Å². The predicted octanol–water partition coefficient (Wildman–Crippen LogP) is 3.15. The highest BCUT2D eigenvalue weighted by molar-refractivity contribution is 9.11. The van der Waals surface area contributed by atoms with Gasteiger partial charge in [0.05, 0.1) is 14.1 Å². The van der Waals surface area contributed by atoms with E-state index in [9.17, 15) is 14.7 Å². The van der Waals surface area contributed by atoms with Gasteiger partial charge in [0, 0.05) is 13.1 Å². The van der Waals surface area contributed by atoms with Gasteiger partial charge in [-0.25, -0.2) is 0 Å². The van der Waals surface area contributed by atoms with Crippen LogP contribution in [0.3, 0.4) is 0 Å². The lowest BCUT2D eigenvalue weighted by Crippen LogP contribution is -2.45. The minimum atomic E-state index is -0.769. The van der Waals surface area contributed by atoms with Crippen LogP contribution in [0.25, 0.3) is 0 Å². The Morgan fingerprint density at radius 1 is 1.42 bits per heavy atom. The monoisotopic (exact) mass is 345 g/mol. The highest BCUT2D eigenvalue weighted by Crippen LogP contribution is 2.33. The number of piperidine rings is 1. The summed E-state index contributed by atoms with van der Waals surface area (Å²) in [5.74, 6) is -0.763. The molecule has 4 nitrogen and oxygen atoms in total. The molecule has 0 saturated carbocycles. The molecular formula is C13H16BrNO3S. The van der Waals surface area contributed by atoms with Crippen molar-refractivity contribution in [2.75, 3.05) is 13.1 Å². The summed E-state index contributed by atoms with van der Waals surface area (Å²) in [5, 5.41) is 9.17. The van der Waals surface area contributed by atoms with Crippen LogP contribution in [0.5, 0.6) is 0 Å².